The Labute approximate surface area is 142 Å². The topological polar surface area (TPSA) is 92.5 Å². The second-order valence-electron chi connectivity index (χ2n) is 5.31. The lowest BCUT2D eigenvalue weighted by Gasteiger charge is -2.19. The first-order chi connectivity index (χ1) is 11.9. The van der Waals surface area contributed by atoms with Gasteiger partial charge in [-0.3, -0.25) is 15.7 Å². The number of methoxy groups -OCH3 is 1. The molecule has 10 heteroatoms. The molecule has 2 atom stereocenters. The first-order valence-electron chi connectivity index (χ1n) is 7.47. The zero-order valence-electron chi connectivity index (χ0n) is 13.6. The highest BCUT2D eigenvalue weighted by atomic mass is 19.2. The van der Waals surface area contributed by atoms with Crippen molar-refractivity contribution in [3.63, 3.8) is 0 Å². The van der Waals surface area contributed by atoms with Crippen molar-refractivity contribution < 1.29 is 37.7 Å². The summed E-state index contributed by atoms with van der Waals surface area (Å²) in [5.41, 5.74) is 0.730. The minimum Gasteiger partial charge on any atom is -0.394 e. The van der Waals surface area contributed by atoms with E-state index in [1.54, 1.807) is 12.4 Å². The Balaban J connectivity index is 2.51. The zero-order valence-corrected chi connectivity index (χ0v) is 13.6. The Morgan fingerprint density at radius 3 is 2.48 bits per heavy atom. The third kappa shape index (κ3) is 4.10. The number of hydroxylamine groups is 1. The van der Waals surface area contributed by atoms with Crippen molar-refractivity contribution in [2.45, 2.75) is 25.4 Å². The number of aliphatic hydroxyl groups is 1. The van der Waals surface area contributed by atoms with Gasteiger partial charge >= 0.3 is 0 Å². The highest BCUT2D eigenvalue weighted by molar-refractivity contribution is 5.98. The molecule has 0 amide bonds. The number of aliphatic hydroxyl groups excluding tert-OH is 1. The molecule has 25 heavy (non-hydrogen) atoms. The summed E-state index contributed by atoms with van der Waals surface area (Å²) in [7, 11) is 1.37. The SMILES string of the molecule is COC(C)C(CO)N=C(NO)c1cc(C2OCCO2)c(F)c(F)c1F. The van der Waals surface area contributed by atoms with Crippen LogP contribution in [0.15, 0.2) is 11.1 Å². The monoisotopic (exact) mass is 364 g/mol. The molecule has 2 unspecified atom stereocenters. The summed E-state index contributed by atoms with van der Waals surface area (Å²) in [5, 5.41) is 18.6. The van der Waals surface area contributed by atoms with Crippen molar-refractivity contribution in [2.75, 3.05) is 26.9 Å². The maximum atomic E-state index is 14.2. The van der Waals surface area contributed by atoms with Crippen molar-refractivity contribution in [2.24, 2.45) is 4.99 Å². The standard InChI is InChI=1S/C15H19F3N2O5/c1-7(23-2)10(6-21)19-14(20-22)8-5-9(15-24-3-4-25-15)12(17)13(18)11(8)16/h5,7,10,15,21-22H,3-4,6H2,1-2H3,(H,19,20). The molecule has 0 aromatic heterocycles. The lowest BCUT2D eigenvalue weighted by molar-refractivity contribution is -0.0469. The van der Waals surface area contributed by atoms with Crippen molar-refractivity contribution in [3.8, 4) is 0 Å². The summed E-state index contributed by atoms with van der Waals surface area (Å²) in [6, 6.07) is 0.0483. The van der Waals surface area contributed by atoms with Crippen LogP contribution in [0, 0.1) is 17.5 Å². The molecule has 1 aliphatic heterocycles. The van der Waals surface area contributed by atoms with Crippen LogP contribution in [0.5, 0.6) is 0 Å². The molecule has 140 valence electrons. The Morgan fingerprint density at radius 1 is 1.32 bits per heavy atom. The van der Waals surface area contributed by atoms with Crippen molar-refractivity contribution >= 4 is 5.84 Å². The second kappa shape index (κ2) is 8.59. The average Bonchev–Trinajstić information content (AvgIpc) is 3.15. The first-order valence-corrected chi connectivity index (χ1v) is 7.47. The summed E-state index contributed by atoms with van der Waals surface area (Å²) in [5.74, 6) is -5.26. The molecule has 1 aromatic rings. The van der Waals surface area contributed by atoms with Crippen LogP contribution >= 0.6 is 0 Å². The molecule has 3 N–H and O–H groups in total. The Bertz CT molecular complexity index is 638. The minimum atomic E-state index is -1.75. The lowest BCUT2D eigenvalue weighted by atomic mass is 10.1. The molecule has 0 saturated carbocycles. The zero-order chi connectivity index (χ0) is 18.6. The molecule has 0 spiro atoms. The van der Waals surface area contributed by atoms with Gasteiger partial charge in [0, 0.05) is 12.7 Å². The molecule has 1 aromatic carbocycles. The van der Waals surface area contributed by atoms with Gasteiger partial charge in [0.2, 0.25) is 0 Å². The van der Waals surface area contributed by atoms with Gasteiger partial charge < -0.3 is 19.3 Å². The summed E-state index contributed by atoms with van der Waals surface area (Å²) in [6.45, 7) is 1.46. The molecule has 1 fully saturated rings. The number of halogens is 3. The Kier molecular flexibility index (Phi) is 6.73. The maximum Gasteiger partial charge on any atom is 0.195 e. The summed E-state index contributed by atoms with van der Waals surface area (Å²) in [6.07, 6.45) is -1.77. The first kappa shape index (κ1) is 19.6. The number of benzene rings is 1. The van der Waals surface area contributed by atoms with Gasteiger partial charge in [-0.1, -0.05) is 0 Å². The van der Waals surface area contributed by atoms with E-state index in [-0.39, 0.29) is 18.8 Å². The fourth-order valence-corrected chi connectivity index (χ4v) is 2.28. The van der Waals surface area contributed by atoms with Gasteiger partial charge in [-0.15, -0.1) is 0 Å². The van der Waals surface area contributed by atoms with Gasteiger partial charge in [0.05, 0.1) is 31.5 Å². The van der Waals surface area contributed by atoms with E-state index in [0.29, 0.717) is 0 Å². The number of hydrogen-bond donors (Lipinski definition) is 3. The molecule has 2 rings (SSSR count). The maximum absolute atomic E-state index is 14.2. The number of ether oxygens (including phenoxy) is 3. The van der Waals surface area contributed by atoms with E-state index >= 15 is 0 Å². The molecule has 0 aliphatic carbocycles. The summed E-state index contributed by atoms with van der Waals surface area (Å²) < 4.78 is 57.4. The third-order valence-electron chi connectivity index (χ3n) is 3.81. The largest absolute Gasteiger partial charge is 0.394 e. The van der Waals surface area contributed by atoms with Crippen LogP contribution in [-0.4, -0.2) is 55.2 Å². The van der Waals surface area contributed by atoms with Crippen LogP contribution in [0.2, 0.25) is 0 Å². The molecule has 7 nitrogen and oxygen atoms in total. The number of nitrogens with one attached hydrogen (secondary N) is 1. The number of hydrogen-bond acceptors (Lipinski definition) is 6. The molecular formula is C15H19F3N2O5. The lowest BCUT2D eigenvalue weighted by Crippen LogP contribution is -2.32. The number of aliphatic imine (C=N–C) groups is 1. The van der Waals surface area contributed by atoms with E-state index in [0.717, 1.165) is 6.07 Å². The van der Waals surface area contributed by atoms with E-state index in [1.807, 2.05) is 0 Å². The van der Waals surface area contributed by atoms with E-state index in [2.05, 4.69) is 4.99 Å². The average molecular weight is 364 g/mol. The van der Waals surface area contributed by atoms with E-state index in [1.165, 1.54) is 7.11 Å². The van der Waals surface area contributed by atoms with Crippen LogP contribution < -0.4 is 5.48 Å². The van der Waals surface area contributed by atoms with Gasteiger partial charge in [-0.05, 0) is 13.0 Å². The van der Waals surface area contributed by atoms with Gasteiger partial charge in [0.15, 0.2) is 29.6 Å². The van der Waals surface area contributed by atoms with Crippen molar-refractivity contribution in [1.82, 2.24) is 5.48 Å². The Morgan fingerprint density at radius 2 is 1.96 bits per heavy atom. The van der Waals surface area contributed by atoms with Crippen LogP contribution in [0.25, 0.3) is 0 Å². The molecule has 0 bridgehead atoms. The molecular weight excluding hydrogens is 345 g/mol. The highest BCUT2D eigenvalue weighted by Gasteiger charge is 2.29. The number of amidine groups is 1. The Hall–Kier alpha value is -1.72. The van der Waals surface area contributed by atoms with Gasteiger partial charge in [0.1, 0.15) is 6.04 Å². The summed E-state index contributed by atoms with van der Waals surface area (Å²) >= 11 is 0. The normalized spacial score (nSPS) is 18.4. The molecule has 0 radical (unpaired) electrons. The number of nitrogens with zero attached hydrogens (tertiary/aromatic N) is 1. The van der Waals surface area contributed by atoms with Crippen LogP contribution in [0.3, 0.4) is 0 Å². The summed E-state index contributed by atoms with van der Waals surface area (Å²) in [4.78, 5) is 3.92. The van der Waals surface area contributed by atoms with Crippen molar-refractivity contribution in [1.29, 1.82) is 0 Å². The quantitative estimate of drug-likeness (QED) is 0.305. The van der Waals surface area contributed by atoms with Crippen molar-refractivity contribution in [3.05, 3.63) is 34.6 Å². The van der Waals surface area contributed by atoms with Gasteiger partial charge in [-0.25, -0.2) is 13.2 Å². The smallest absolute Gasteiger partial charge is 0.195 e. The fourth-order valence-electron chi connectivity index (χ4n) is 2.28. The van der Waals surface area contributed by atoms with Gasteiger partial charge in [-0.2, -0.15) is 0 Å². The van der Waals surface area contributed by atoms with E-state index < -0.39 is 53.9 Å². The van der Waals surface area contributed by atoms with E-state index in [9.17, 15) is 23.5 Å². The highest BCUT2D eigenvalue weighted by Crippen LogP contribution is 2.30. The minimum absolute atomic E-state index is 0.176. The predicted molar refractivity (Wildman–Crippen MR) is 79.8 cm³/mol. The van der Waals surface area contributed by atoms with Crippen LogP contribution in [0.1, 0.15) is 24.3 Å². The van der Waals surface area contributed by atoms with Crippen LogP contribution in [0.4, 0.5) is 13.2 Å². The molecule has 1 aliphatic rings. The fraction of sp³-hybridized carbons (Fsp3) is 0.533. The number of rotatable bonds is 6. The van der Waals surface area contributed by atoms with Gasteiger partial charge in [0.25, 0.3) is 0 Å². The predicted octanol–water partition coefficient (Wildman–Crippen LogP) is 1.27. The van der Waals surface area contributed by atoms with Crippen LogP contribution in [-0.2, 0) is 14.2 Å². The molecule has 1 saturated heterocycles. The van der Waals surface area contributed by atoms with E-state index in [4.69, 9.17) is 14.2 Å². The molecule has 1 heterocycles. The third-order valence-corrected chi connectivity index (χ3v) is 3.81. The second-order valence-corrected chi connectivity index (χ2v) is 5.31.